The van der Waals surface area contributed by atoms with Gasteiger partial charge in [-0.25, -0.2) is 9.97 Å². The van der Waals surface area contributed by atoms with Gasteiger partial charge < -0.3 is 34.7 Å². The van der Waals surface area contributed by atoms with Crippen molar-refractivity contribution in [1.29, 1.82) is 0 Å². The number of benzene rings is 4. The summed E-state index contributed by atoms with van der Waals surface area (Å²) < 4.78 is 6.20. The van der Waals surface area contributed by atoms with Crippen molar-refractivity contribution in [2.75, 3.05) is 13.1 Å². The SMILES string of the molecule is O=C(C(=O)N1CCC[C@H]1c1ncc(-c2ccc(Oc3cccc(-c4cnc([C@@H]5CCCN5C(=O)C(=O)[C@H](O)c5ccccc5)[nH]4)c3)cc2)[nH]1)[C@@H](O)c1ccccc1. The molecular weight excluding hydrogens is 725 g/mol. The van der Waals surface area contributed by atoms with Gasteiger partial charge in [-0.2, -0.15) is 0 Å². The maximum Gasteiger partial charge on any atom is 0.293 e. The molecule has 13 nitrogen and oxygen atoms in total. The number of ketones is 2. The Labute approximate surface area is 328 Å². The largest absolute Gasteiger partial charge is 0.457 e. The first-order valence-corrected chi connectivity index (χ1v) is 18.9. The Balaban J connectivity index is 0.902. The molecule has 2 amide bonds. The van der Waals surface area contributed by atoms with E-state index in [-0.39, 0.29) is 0 Å². The lowest BCUT2D eigenvalue weighted by Gasteiger charge is -2.23. The first-order valence-electron chi connectivity index (χ1n) is 18.9. The molecule has 2 aliphatic heterocycles. The quantitative estimate of drug-likeness (QED) is 0.106. The van der Waals surface area contributed by atoms with E-state index in [0.717, 1.165) is 22.5 Å². The lowest BCUT2D eigenvalue weighted by Crippen LogP contribution is -2.38. The number of hydrogen-bond donors (Lipinski definition) is 4. The second-order valence-corrected chi connectivity index (χ2v) is 14.2. The second kappa shape index (κ2) is 16.2. The Morgan fingerprint density at radius 2 is 1.09 bits per heavy atom. The molecule has 2 aliphatic rings. The molecule has 8 rings (SSSR count). The van der Waals surface area contributed by atoms with Crippen molar-refractivity contribution in [2.45, 2.75) is 50.0 Å². The van der Waals surface area contributed by atoms with E-state index in [1.165, 1.54) is 9.80 Å². The number of aliphatic hydroxyl groups is 2. The third-order valence-electron chi connectivity index (χ3n) is 10.5. The minimum Gasteiger partial charge on any atom is -0.457 e. The Hall–Kier alpha value is -6.70. The lowest BCUT2D eigenvalue weighted by molar-refractivity contribution is -0.150. The molecule has 0 aliphatic carbocycles. The van der Waals surface area contributed by atoms with E-state index in [1.54, 1.807) is 73.1 Å². The van der Waals surface area contributed by atoms with Gasteiger partial charge >= 0.3 is 0 Å². The first kappa shape index (κ1) is 37.2. The summed E-state index contributed by atoms with van der Waals surface area (Å²) in [7, 11) is 0. The number of aliphatic hydroxyl groups excluding tert-OH is 2. The highest BCUT2D eigenvalue weighted by Gasteiger charge is 2.39. The molecule has 2 fully saturated rings. The van der Waals surface area contributed by atoms with Gasteiger partial charge in [0.15, 0.2) is 0 Å². The van der Waals surface area contributed by atoms with E-state index >= 15 is 0 Å². The third-order valence-corrected chi connectivity index (χ3v) is 10.5. The standard InChI is InChI=1S/C44H40N6O7/c51-37(28-10-3-1-4-11-28)39(53)43(55)49-22-8-16-35(49)41-45-25-33(47-41)27-18-20-31(21-19-27)57-32-15-7-14-30(24-32)34-26-46-42(48-34)36-17-9-23-50(36)44(56)40(54)38(52)29-12-5-2-6-13-29/h1-7,10-15,18-21,24-26,35-38,51-52H,8-9,16-17,22-23H2,(H,45,47)(H,46,48)/t35-,36-,37-,38+/m0/s1. The molecule has 288 valence electrons. The van der Waals surface area contributed by atoms with Crippen LogP contribution in [0, 0.1) is 0 Å². The van der Waals surface area contributed by atoms with E-state index < -0.39 is 47.7 Å². The van der Waals surface area contributed by atoms with E-state index in [4.69, 9.17) is 4.74 Å². The van der Waals surface area contributed by atoms with Gasteiger partial charge in [0.25, 0.3) is 23.4 Å². The molecule has 0 radical (unpaired) electrons. The maximum absolute atomic E-state index is 13.2. The van der Waals surface area contributed by atoms with Crippen LogP contribution in [-0.2, 0) is 19.2 Å². The van der Waals surface area contributed by atoms with Crippen LogP contribution >= 0.6 is 0 Å². The van der Waals surface area contributed by atoms with Gasteiger partial charge in [0.05, 0.1) is 35.9 Å². The summed E-state index contributed by atoms with van der Waals surface area (Å²) in [5, 5.41) is 21.1. The zero-order chi connectivity index (χ0) is 39.5. The fourth-order valence-electron chi connectivity index (χ4n) is 7.55. The van der Waals surface area contributed by atoms with E-state index in [2.05, 4.69) is 19.9 Å². The number of carbonyl (C=O) groups excluding carboxylic acids is 4. The molecule has 6 aromatic rings. The zero-order valence-electron chi connectivity index (χ0n) is 30.8. The number of H-pyrrole nitrogens is 2. The molecule has 2 aromatic heterocycles. The van der Waals surface area contributed by atoms with Gasteiger partial charge in [-0.05, 0) is 78.8 Å². The molecular formula is C44H40N6O7. The number of aromatic nitrogens is 4. The number of ether oxygens (including phenoxy) is 1. The van der Waals surface area contributed by atoms with Crippen molar-refractivity contribution in [2.24, 2.45) is 0 Å². The monoisotopic (exact) mass is 764 g/mol. The number of aromatic amines is 2. The number of Topliss-reactive ketones (excluding diaryl/α,β-unsaturated/α-hetero) is 2. The summed E-state index contributed by atoms with van der Waals surface area (Å²) >= 11 is 0. The van der Waals surface area contributed by atoms with Crippen molar-refractivity contribution in [3.05, 3.63) is 144 Å². The second-order valence-electron chi connectivity index (χ2n) is 14.2. The van der Waals surface area contributed by atoms with Crippen LogP contribution in [0.25, 0.3) is 22.5 Å². The van der Waals surface area contributed by atoms with Crippen molar-refractivity contribution in [1.82, 2.24) is 29.7 Å². The Kier molecular flexibility index (Phi) is 10.6. The summed E-state index contributed by atoms with van der Waals surface area (Å²) in [6.45, 7) is 0.783. The Morgan fingerprint density at radius 1 is 0.596 bits per heavy atom. The number of imidazole rings is 2. The molecule has 57 heavy (non-hydrogen) atoms. The molecule has 2 saturated heterocycles. The Bertz CT molecular complexity index is 2390. The number of nitrogens with one attached hydrogen (secondary N) is 2. The van der Waals surface area contributed by atoms with Gasteiger partial charge in [0.2, 0.25) is 0 Å². The summed E-state index contributed by atoms with van der Waals surface area (Å²) in [5.74, 6) is -0.872. The van der Waals surface area contributed by atoms with Gasteiger partial charge in [0, 0.05) is 18.7 Å². The van der Waals surface area contributed by atoms with Gasteiger partial charge in [-0.1, -0.05) is 72.8 Å². The van der Waals surface area contributed by atoms with Crippen LogP contribution < -0.4 is 4.74 Å². The summed E-state index contributed by atoms with van der Waals surface area (Å²) in [4.78, 5) is 71.0. The van der Waals surface area contributed by atoms with Gasteiger partial charge in [0.1, 0.15) is 35.4 Å². The van der Waals surface area contributed by atoms with Crippen LogP contribution in [-0.4, -0.2) is 76.4 Å². The highest BCUT2D eigenvalue weighted by atomic mass is 16.5. The van der Waals surface area contributed by atoms with Crippen LogP contribution in [0.5, 0.6) is 11.5 Å². The van der Waals surface area contributed by atoms with Crippen molar-refractivity contribution >= 4 is 23.4 Å². The number of nitrogens with zero attached hydrogens (tertiary/aromatic N) is 4. The highest BCUT2D eigenvalue weighted by molar-refractivity contribution is 6.38. The molecule has 0 bridgehead atoms. The lowest BCUT2D eigenvalue weighted by atomic mass is 10.0. The minimum atomic E-state index is -1.53. The topological polar surface area (TPSA) is 182 Å². The summed E-state index contributed by atoms with van der Waals surface area (Å²) in [6.07, 6.45) is 3.01. The maximum atomic E-state index is 13.2. The van der Waals surface area contributed by atoms with E-state index in [0.29, 0.717) is 73.0 Å². The van der Waals surface area contributed by atoms with Gasteiger partial charge in [-0.3, -0.25) is 19.2 Å². The number of rotatable bonds is 12. The molecule has 4 aromatic carbocycles. The van der Waals surface area contributed by atoms with Crippen molar-refractivity contribution < 1.29 is 34.1 Å². The predicted molar refractivity (Wildman–Crippen MR) is 208 cm³/mol. The minimum absolute atomic E-state index is 0.372. The fraction of sp³-hybridized carbons (Fsp3) is 0.227. The molecule has 0 saturated carbocycles. The third kappa shape index (κ3) is 7.75. The van der Waals surface area contributed by atoms with Crippen molar-refractivity contribution in [3.8, 4) is 34.0 Å². The van der Waals surface area contributed by atoms with Crippen LogP contribution in [0.1, 0.15) is 72.8 Å². The number of hydrogen-bond acceptors (Lipinski definition) is 9. The predicted octanol–water partition coefficient (Wildman–Crippen LogP) is 6.19. The molecule has 4 heterocycles. The van der Waals surface area contributed by atoms with Crippen molar-refractivity contribution in [3.63, 3.8) is 0 Å². The average molecular weight is 765 g/mol. The van der Waals surface area contributed by atoms with Crippen LogP contribution in [0.3, 0.4) is 0 Å². The Morgan fingerprint density at radius 3 is 1.60 bits per heavy atom. The zero-order valence-corrected chi connectivity index (χ0v) is 30.8. The number of carbonyl (C=O) groups is 4. The molecule has 13 heteroatoms. The smallest absolute Gasteiger partial charge is 0.293 e. The van der Waals surface area contributed by atoms with Crippen LogP contribution in [0.4, 0.5) is 0 Å². The highest BCUT2D eigenvalue weighted by Crippen LogP contribution is 2.35. The van der Waals surface area contributed by atoms with E-state index in [1.807, 2.05) is 48.5 Å². The normalized spacial score (nSPS) is 17.6. The summed E-state index contributed by atoms with van der Waals surface area (Å²) in [6, 6.07) is 31.0. The number of amides is 2. The molecule has 4 N–H and O–H groups in total. The van der Waals surface area contributed by atoms with E-state index in [9.17, 15) is 29.4 Å². The number of likely N-dealkylation sites (tertiary alicyclic amines) is 2. The van der Waals surface area contributed by atoms with Crippen LogP contribution in [0.15, 0.2) is 122 Å². The average Bonchev–Trinajstić information content (AvgIpc) is 4.10. The molecule has 0 unspecified atom stereocenters. The van der Waals surface area contributed by atoms with Gasteiger partial charge in [-0.15, -0.1) is 0 Å². The fourth-order valence-corrected chi connectivity index (χ4v) is 7.55. The summed E-state index contributed by atoms with van der Waals surface area (Å²) in [5.41, 5.74) is 3.87. The molecule has 0 spiro atoms. The van der Waals surface area contributed by atoms with Crippen LogP contribution in [0.2, 0.25) is 0 Å². The molecule has 4 atom stereocenters. The first-order chi connectivity index (χ1) is 27.7.